The van der Waals surface area contributed by atoms with Gasteiger partial charge >= 0.3 is 0 Å². The Morgan fingerprint density at radius 2 is 1.62 bits per heavy atom. The third-order valence-electron chi connectivity index (χ3n) is 4.78. The fourth-order valence-corrected chi connectivity index (χ4v) is 3.40. The summed E-state index contributed by atoms with van der Waals surface area (Å²) in [5.41, 5.74) is 2.85. The minimum Gasteiger partial charge on any atom is -0.368 e. The summed E-state index contributed by atoms with van der Waals surface area (Å²) in [5.74, 6) is 1.35. The molecule has 1 aliphatic rings. The first kappa shape index (κ1) is 18.7. The zero-order valence-electron chi connectivity index (χ0n) is 16.4. The van der Waals surface area contributed by atoms with E-state index in [1.165, 1.54) is 12.6 Å². The van der Waals surface area contributed by atoms with Gasteiger partial charge in [-0.05, 0) is 36.4 Å². The molecule has 0 aliphatic carbocycles. The number of rotatable bonds is 5. The molecule has 0 unspecified atom stereocenters. The molecule has 7 heteroatoms. The number of para-hydroxylation sites is 1. The molecule has 1 fully saturated rings. The molecule has 2 N–H and O–H groups in total. The second-order valence-electron chi connectivity index (χ2n) is 6.94. The van der Waals surface area contributed by atoms with Gasteiger partial charge in [-0.25, -0.2) is 4.98 Å². The van der Waals surface area contributed by atoms with Crippen LogP contribution >= 0.6 is 0 Å². The van der Waals surface area contributed by atoms with Crippen molar-refractivity contribution in [2.75, 3.05) is 46.6 Å². The monoisotopic (exact) mass is 388 g/mol. The van der Waals surface area contributed by atoms with Crippen LogP contribution in [-0.4, -0.2) is 42.1 Å². The number of hydrogen-bond acceptors (Lipinski definition) is 6. The molecule has 148 valence electrons. The van der Waals surface area contributed by atoms with Gasteiger partial charge in [-0.3, -0.25) is 4.79 Å². The first-order valence-corrected chi connectivity index (χ1v) is 9.70. The fourth-order valence-electron chi connectivity index (χ4n) is 3.40. The quantitative estimate of drug-likeness (QED) is 0.697. The number of amides is 1. The predicted molar refractivity (Wildman–Crippen MR) is 117 cm³/mol. The maximum absolute atomic E-state index is 11.3. The Morgan fingerprint density at radius 3 is 2.38 bits per heavy atom. The van der Waals surface area contributed by atoms with Crippen LogP contribution in [0, 0.1) is 0 Å². The lowest BCUT2D eigenvalue weighted by Gasteiger charge is -2.36. The number of nitrogens with zero attached hydrogens (tertiary/aromatic N) is 4. The molecule has 1 aliphatic heterocycles. The molecule has 1 amide bonds. The first-order valence-electron chi connectivity index (χ1n) is 9.70. The summed E-state index contributed by atoms with van der Waals surface area (Å²) in [5, 5.41) is 6.08. The molecule has 0 spiro atoms. The largest absolute Gasteiger partial charge is 0.368 e. The van der Waals surface area contributed by atoms with Crippen molar-refractivity contribution >= 4 is 34.7 Å². The summed E-state index contributed by atoms with van der Waals surface area (Å²) in [4.78, 5) is 25.0. The number of aromatic nitrogens is 2. The van der Waals surface area contributed by atoms with Crippen molar-refractivity contribution in [1.29, 1.82) is 0 Å². The minimum absolute atomic E-state index is 0.0962. The lowest BCUT2D eigenvalue weighted by molar-refractivity contribution is -0.114. The van der Waals surface area contributed by atoms with Gasteiger partial charge in [0.05, 0.1) is 0 Å². The van der Waals surface area contributed by atoms with Gasteiger partial charge in [0.1, 0.15) is 5.82 Å². The van der Waals surface area contributed by atoms with E-state index in [1.54, 1.807) is 6.20 Å². The number of nitrogens with one attached hydrogen (secondary N) is 2. The summed E-state index contributed by atoms with van der Waals surface area (Å²) in [6.07, 6.45) is 1.77. The van der Waals surface area contributed by atoms with Crippen LogP contribution in [0.25, 0.3) is 0 Å². The van der Waals surface area contributed by atoms with Gasteiger partial charge in [0.15, 0.2) is 0 Å². The molecule has 0 bridgehead atoms. The molecule has 1 aromatic heterocycles. The Hall–Kier alpha value is -3.61. The Labute approximate surface area is 170 Å². The zero-order valence-corrected chi connectivity index (χ0v) is 16.4. The molecule has 29 heavy (non-hydrogen) atoms. The van der Waals surface area contributed by atoms with E-state index in [1.807, 2.05) is 36.4 Å². The van der Waals surface area contributed by atoms with E-state index >= 15 is 0 Å². The van der Waals surface area contributed by atoms with E-state index < -0.39 is 0 Å². The molecule has 0 saturated carbocycles. The van der Waals surface area contributed by atoms with E-state index in [0.717, 1.165) is 49.3 Å². The number of anilines is 5. The van der Waals surface area contributed by atoms with Crippen molar-refractivity contribution in [1.82, 2.24) is 9.97 Å². The predicted octanol–water partition coefficient (Wildman–Crippen LogP) is 3.51. The van der Waals surface area contributed by atoms with Crippen LogP contribution in [0.15, 0.2) is 66.9 Å². The number of benzene rings is 2. The van der Waals surface area contributed by atoms with Crippen molar-refractivity contribution in [3.05, 3.63) is 66.9 Å². The van der Waals surface area contributed by atoms with Gasteiger partial charge in [-0.2, -0.15) is 4.98 Å². The molecule has 0 atom stereocenters. The van der Waals surface area contributed by atoms with Gasteiger partial charge in [-0.1, -0.05) is 24.3 Å². The van der Waals surface area contributed by atoms with Gasteiger partial charge in [0, 0.05) is 56.4 Å². The molecular formula is C22H24N6O. The maximum atomic E-state index is 11.3. The number of carbonyl (C=O) groups excluding carboxylic acids is 1. The van der Waals surface area contributed by atoms with Crippen molar-refractivity contribution in [3.63, 3.8) is 0 Å². The third-order valence-corrected chi connectivity index (χ3v) is 4.78. The lowest BCUT2D eigenvalue weighted by atomic mass is 10.2. The molecule has 0 radical (unpaired) electrons. The highest BCUT2D eigenvalue weighted by Gasteiger charge is 2.19. The Bertz CT molecular complexity index is 970. The first-order chi connectivity index (χ1) is 14.2. The normalized spacial score (nSPS) is 13.8. The van der Waals surface area contributed by atoms with E-state index in [9.17, 15) is 4.79 Å². The van der Waals surface area contributed by atoms with Gasteiger partial charge in [-0.15, -0.1) is 0 Å². The van der Waals surface area contributed by atoms with Crippen molar-refractivity contribution in [2.45, 2.75) is 6.92 Å². The second kappa shape index (κ2) is 8.60. The van der Waals surface area contributed by atoms with Crippen molar-refractivity contribution < 1.29 is 4.79 Å². The summed E-state index contributed by atoms with van der Waals surface area (Å²) in [6, 6.07) is 19.9. The van der Waals surface area contributed by atoms with Crippen LogP contribution in [0.3, 0.4) is 0 Å². The summed E-state index contributed by atoms with van der Waals surface area (Å²) in [7, 11) is 0. The molecule has 2 aromatic carbocycles. The Morgan fingerprint density at radius 1 is 0.897 bits per heavy atom. The summed E-state index contributed by atoms with van der Waals surface area (Å²) < 4.78 is 0. The highest BCUT2D eigenvalue weighted by Crippen LogP contribution is 2.22. The van der Waals surface area contributed by atoms with Crippen LogP contribution in [0.2, 0.25) is 0 Å². The molecule has 4 rings (SSSR count). The third kappa shape index (κ3) is 4.82. The summed E-state index contributed by atoms with van der Waals surface area (Å²) in [6.45, 7) is 5.11. The smallest absolute Gasteiger partial charge is 0.227 e. The lowest BCUT2D eigenvalue weighted by Crippen LogP contribution is -2.47. The van der Waals surface area contributed by atoms with Crippen molar-refractivity contribution in [2.24, 2.45) is 0 Å². The van der Waals surface area contributed by atoms with Gasteiger partial charge in [0.2, 0.25) is 11.9 Å². The van der Waals surface area contributed by atoms with Gasteiger partial charge in [0.25, 0.3) is 0 Å². The van der Waals surface area contributed by atoms with Crippen LogP contribution < -0.4 is 20.4 Å². The average molecular weight is 388 g/mol. The molecule has 1 saturated heterocycles. The minimum atomic E-state index is -0.0962. The number of piperazine rings is 1. The number of carbonyl (C=O) groups is 1. The Balaban J connectivity index is 1.41. The van der Waals surface area contributed by atoms with Gasteiger partial charge < -0.3 is 20.4 Å². The molecular weight excluding hydrogens is 364 g/mol. The zero-order chi connectivity index (χ0) is 20.1. The average Bonchev–Trinajstić information content (AvgIpc) is 2.74. The Kier molecular flexibility index (Phi) is 5.56. The standard InChI is InChI=1S/C22H24N6O/c1-17(29)24-18-6-5-7-19(16-18)25-21-10-11-23-22(26-21)28-14-12-27(13-15-28)20-8-3-2-4-9-20/h2-11,16H,12-15H2,1H3,(H,24,29)(H,23,25,26). The van der Waals surface area contributed by atoms with E-state index in [-0.39, 0.29) is 5.91 Å². The molecule has 7 nitrogen and oxygen atoms in total. The van der Waals surface area contributed by atoms with Crippen LogP contribution in [0.4, 0.5) is 28.8 Å². The molecule has 2 heterocycles. The summed E-state index contributed by atoms with van der Waals surface area (Å²) >= 11 is 0. The maximum Gasteiger partial charge on any atom is 0.227 e. The van der Waals surface area contributed by atoms with E-state index in [0.29, 0.717) is 0 Å². The van der Waals surface area contributed by atoms with Crippen LogP contribution in [-0.2, 0) is 4.79 Å². The van der Waals surface area contributed by atoms with E-state index in [4.69, 9.17) is 0 Å². The highest BCUT2D eigenvalue weighted by atomic mass is 16.1. The highest BCUT2D eigenvalue weighted by molar-refractivity contribution is 5.89. The van der Waals surface area contributed by atoms with Crippen LogP contribution in [0.1, 0.15) is 6.92 Å². The fraction of sp³-hybridized carbons (Fsp3) is 0.227. The van der Waals surface area contributed by atoms with Crippen LogP contribution in [0.5, 0.6) is 0 Å². The number of hydrogen-bond donors (Lipinski definition) is 2. The SMILES string of the molecule is CC(=O)Nc1cccc(Nc2ccnc(N3CCN(c4ccccc4)CC3)n2)c1. The molecule has 3 aromatic rings. The van der Waals surface area contributed by atoms with Crippen molar-refractivity contribution in [3.8, 4) is 0 Å². The topological polar surface area (TPSA) is 73.4 Å². The van der Waals surface area contributed by atoms with E-state index in [2.05, 4.69) is 54.7 Å². The second-order valence-corrected chi connectivity index (χ2v) is 6.94.